The first kappa shape index (κ1) is 19.7. The van der Waals surface area contributed by atoms with E-state index in [4.69, 9.17) is 4.52 Å². The van der Waals surface area contributed by atoms with Crippen molar-refractivity contribution in [3.05, 3.63) is 48.1 Å². The number of piperazine rings is 1. The van der Waals surface area contributed by atoms with Crippen LogP contribution in [-0.2, 0) is 4.79 Å². The smallest absolute Gasteiger partial charge is 0.296 e. The molecule has 0 bridgehead atoms. The molecule has 1 aromatic carbocycles. The van der Waals surface area contributed by atoms with Gasteiger partial charge in [0.15, 0.2) is 0 Å². The van der Waals surface area contributed by atoms with Crippen LogP contribution in [-0.4, -0.2) is 45.5 Å². The molecule has 1 aromatic heterocycles. The summed E-state index contributed by atoms with van der Waals surface area (Å²) in [5.41, 5.74) is 0.509. The maximum absolute atomic E-state index is 13.1. The van der Waals surface area contributed by atoms with Crippen molar-refractivity contribution >= 4 is 11.8 Å². The monoisotopic (exact) mass is 386 g/mol. The van der Waals surface area contributed by atoms with E-state index in [1.54, 1.807) is 0 Å². The fourth-order valence-electron chi connectivity index (χ4n) is 3.20. The predicted octanol–water partition coefficient (Wildman–Crippen LogP) is 2.81. The van der Waals surface area contributed by atoms with Crippen LogP contribution in [0.15, 0.2) is 40.9 Å². The standard InChI is InChI=1S/C20H23FN4O3/c1-4-5-15-11-25(16(10-12(2)3)18(26)22-15)20(27)17-23-19(28-24-17)13-6-8-14(21)9-7-13/h4-9,12,15-16H,10-11H2,1-3H3,(H,22,26)/t15-,16-/m0/s1. The molecule has 1 aliphatic heterocycles. The van der Waals surface area contributed by atoms with Crippen molar-refractivity contribution in [2.24, 2.45) is 5.92 Å². The topological polar surface area (TPSA) is 88.3 Å². The molecule has 0 spiro atoms. The van der Waals surface area contributed by atoms with Crippen LogP contribution in [0.25, 0.3) is 11.5 Å². The predicted molar refractivity (Wildman–Crippen MR) is 101 cm³/mol. The SMILES string of the molecule is CC=C[C@H]1CN(C(=O)c2noc(-c3ccc(F)cc3)n2)[C@@H](CC(C)C)C(=O)N1. The summed E-state index contributed by atoms with van der Waals surface area (Å²) in [6, 6.07) is 4.67. The minimum atomic E-state index is -0.596. The molecule has 7 nitrogen and oxygen atoms in total. The molecule has 1 saturated heterocycles. The highest BCUT2D eigenvalue weighted by Gasteiger charge is 2.38. The van der Waals surface area contributed by atoms with Gasteiger partial charge >= 0.3 is 0 Å². The van der Waals surface area contributed by atoms with E-state index >= 15 is 0 Å². The van der Waals surface area contributed by atoms with Crippen LogP contribution in [0.4, 0.5) is 4.39 Å². The summed E-state index contributed by atoms with van der Waals surface area (Å²) >= 11 is 0. The molecule has 148 valence electrons. The molecule has 28 heavy (non-hydrogen) atoms. The summed E-state index contributed by atoms with van der Waals surface area (Å²) in [6.07, 6.45) is 4.20. The molecular formula is C20H23FN4O3. The number of nitrogens with zero attached hydrogens (tertiary/aromatic N) is 3. The zero-order valence-electron chi connectivity index (χ0n) is 16.1. The van der Waals surface area contributed by atoms with Crippen LogP contribution in [0, 0.1) is 11.7 Å². The molecule has 3 rings (SSSR count). The maximum Gasteiger partial charge on any atom is 0.296 e. The molecule has 1 aliphatic rings. The molecule has 8 heteroatoms. The Balaban J connectivity index is 1.86. The third kappa shape index (κ3) is 4.27. The lowest BCUT2D eigenvalue weighted by Crippen LogP contribution is -2.61. The molecule has 0 saturated carbocycles. The van der Waals surface area contributed by atoms with Crippen molar-refractivity contribution in [3.63, 3.8) is 0 Å². The van der Waals surface area contributed by atoms with E-state index in [1.807, 2.05) is 32.9 Å². The Labute approximate surface area is 162 Å². The Kier molecular flexibility index (Phi) is 5.87. The van der Waals surface area contributed by atoms with Crippen molar-refractivity contribution in [2.75, 3.05) is 6.54 Å². The summed E-state index contributed by atoms with van der Waals surface area (Å²) in [4.78, 5) is 31.3. The van der Waals surface area contributed by atoms with Crippen molar-refractivity contribution in [1.29, 1.82) is 0 Å². The second-order valence-electron chi connectivity index (χ2n) is 7.17. The van der Waals surface area contributed by atoms with Gasteiger partial charge in [-0.1, -0.05) is 31.2 Å². The molecular weight excluding hydrogens is 363 g/mol. The highest BCUT2D eigenvalue weighted by Crippen LogP contribution is 2.21. The average molecular weight is 386 g/mol. The quantitative estimate of drug-likeness (QED) is 0.799. The number of hydrogen-bond donors (Lipinski definition) is 1. The zero-order chi connectivity index (χ0) is 20.3. The summed E-state index contributed by atoms with van der Waals surface area (Å²) in [5, 5.41) is 6.70. The van der Waals surface area contributed by atoms with Crippen LogP contribution in [0.2, 0.25) is 0 Å². The maximum atomic E-state index is 13.1. The number of amides is 2. The third-order valence-electron chi connectivity index (χ3n) is 4.49. The van der Waals surface area contributed by atoms with Gasteiger partial charge < -0.3 is 14.7 Å². The van der Waals surface area contributed by atoms with Gasteiger partial charge in [0.25, 0.3) is 17.6 Å². The van der Waals surface area contributed by atoms with Crippen LogP contribution in [0.3, 0.4) is 0 Å². The second kappa shape index (κ2) is 8.33. The van der Waals surface area contributed by atoms with Crippen molar-refractivity contribution in [3.8, 4) is 11.5 Å². The first-order chi connectivity index (χ1) is 13.4. The molecule has 1 fully saturated rings. The van der Waals surface area contributed by atoms with E-state index in [1.165, 1.54) is 29.2 Å². The number of carbonyl (C=O) groups is 2. The third-order valence-corrected chi connectivity index (χ3v) is 4.49. The lowest BCUT2D eigenvalue weighted by molar-refractivity contribution is -0.129. The van der Waals surface area contributed by atoms with Gasteiger partial charge in [0.2, 0.25) is 5.91 Å². The second-order valence-corrected chi connectivity index (χ2v) is 7.17. The van der Waals surface area contributed by atoms with E-state index in [0.29, 0.717) is 18.5 Å². The summed E-state index contributed by atoms with van der Waals surface area (Å²) in [6.45, 7) is 6.17. The van der Waals surface area contributed by atoms with E-state index in [0.717, 1.165) is 0 Å². The Morgan fingerprint density at radius 3 is 2.75 bits per heavy atom. The molecule has 2 heterocycles. The Morgan fingerprint density at radius 1 is 1.39 bits per heavy atom. The number of allylic oxidation sites excluding steroid dienone is 1. The molecule has 1 N–H and O–H groups in total. The fraction of sp³-hybridized carbons (Fsp3) is 0.400. The largest absolute Gasteiger partial charge is 0.346 e. The molecule has 2 atom stereocenters. The van der Waals surface area contributed by atoms with E-state index in [2.05, 4.69) is 15.5 Å². The van der Waals surface area contributed by atoms with Crippen LogP contribution in [0.5, 0.6) is 0 Å². The van der Waals surface area contributed by atoms with Crippen molar-refractivity contribution in [2.45, 2.75) is 39.3 Å². The van der Waals surface area contributed by atoms with Crippen molar-refractivity contribution < 1.29 is 18.5 Å². The number of aromatic nitrogens is 2. The van der Waals surface area contributed by atoms with Gasteiger partial charge in [-0.2, -0.15) is 4.98 Å². The number of rotatable bonds is 5. The molecule has 0 unspecified atom stereocenters. The lowest BCUT2D eigenvalue weighted by Gasteiger charge is -2.38. The van der Waals surface area contributed by atoms with Crippen LogP contribution < -0.4 is 5.32 Å². The normalized spacial score (nSPS) is 20.0. The fourth-order valence-corrected chi connectivity index (χ4v) is 3.20. The first-order valence-corrected chi connectivity index (χ1v) is 9.22. The Hall–Kier alpha value is -3.03. The Bertz CT molecular complexity index is 876. The first-order valence-electron chi connectivity index (χ1n) is 9.22. The van der Waals surface area contributed by atoms with Gasteiger partial charge in [0.1, 0.15) is 11.9 Å². The molecule has 2 aromatic rings. The van der Waals surface area contributed by atoms with Gasteiger partial charge in [-0.25, -0.2) is 4.39 Å². The molecule has 0 aliphatic carbocycles. The van der Waals surface area contributed by atoms with Crippen LogP contribution >= 0.6 is 0 Å². The van der Waals surface area contributed by atoms with Gasteiger partial charge in [-0.3, -0.25) is 9.59 Å². The number of benzene rings is 1. The van der Waals surface area contributed by atoms with Gasteiger partial charge in [-0.05, 0) is 43.5 Å². The summed E-state index contributed by atoms with van der Waals surface area (Å²) in [5.74, 6) is -0.821. The highest BCUT2D eigenvalue weighted by atomic mass is 19.1. The Morgan fingerprint density at radius 2 is 2.11 bits per heavy atom. The number of carbonyl (C=O) groups excluding carboxylic acids is 2. The molecule has 2 amide bonds. The zero-order valence-corrected chi connectivity index (χ0v) is 16.1. The lowest BCUT2D eigenvalue weighted by atomic mass is 9.98. The number of halogens is 1. The van der Waals surface area contributed by atoms with Gasteiger partial charge in [0.05, 0.1) is 6.04 Å². The minimum Gasteiger partial charge on any atom is -0.346 e. The van der Waals surface area contributed by atoms with Gasteiger partial charge in [-0.15, -0.1) is 0 Å². The highest BCUT2D eigenvalue weighted by molar-refractivity contribution is 5.96. The molecule has 0 radical (unpaired) electrons. The van der Waals surface area contributed by atoms with E-state index < -0.39 is 11.9 Å². The van der Waals surface area contributed by atoms with Crippen LogP contribution in [0.1, 0.15) is 37.8 Å². The van der Waals surface area contributed by atoms with Gasteiger partial charge in [0, 0.05) is 12.1 Å². The average Bonchev–Trinajstić information content (AvgIpc) is 3.14. The van der Waals surface area contributed by atoms with E-state index in [9.17, 15) is 14.0 Å². The van der Waals surface area contributed by atoms with Crippen molar-refractivity contribution in [1.82, 2.24) is 20.4 Å². The number of nitrogens with one attached hydrogen (secondary N) is 1. The minimum absolute atomic E-state index is 0.121. The summed E-state index contributed by atoms with van der Waals surface area (Å²) in [7, 11) is 0. The van der Waals surface area contributed by atoms with E-state index in [-0.39, 0.29) is 35.4 Å². The number of hydrogen-bond acceptors (Lipinski definition) is 5. The summed E-state index contributed by atoms with van der Waals surface area (Å²) < 4.78 is 18.3.